The van der Waals surface area contributed by atoms with Crippen LogP contribution >= 0.6 is 0 Å². The lowest BCUT2D eigenvalue weighted by molar-refractivity contribution is 0.168. The number of nitrogens with zero attached hydrogens (tertiary/aromatic N) is 1. The number of rotatable bonds is 6. The van der Waals surface area contributed by atoms with Gasteiger partial charge < -0.3 is 20.5 Å². The Labute approximate surface area is 137 Å². The Morgan fingerprint density at radius 2 is 2.12 bits per heavy atom. The van der Waals surface area contributed by atoms with Crippen molar-refractivity contribution in [1.29, 1.82) is 0 Å². The van der Waals surface area contributed by atoms with Gasteiger partial charge in [0.1, 0.15) is 11.6 Å². The first-order chi connectivity index (χ1) is 11.5. The molecule has 0 spiro atoms. The van der Waals surface area contributed by atoms with Gasteiger partial charge in [-0.15, -0.1) is 0 Å². The SMILES string of the molecule is COc1ncccc1CNC(=O)NC[C@H](O)c1ccc(F)cc1F. The van der Waals surface area contributed by atoms with Crippen molar-refractivity contribution in [1.82, 2.24) is 15.6 Å². The summed E-state index contributed by atoms with van der Waals surface area (Å²) in [4.78, 5) is 15.7. The average molecular weight is 337 g/mol. The summed E-state index contributed by atoms with van der Waals surface area (Å²) in [6, 6.07) is 5.74. The van der Waals surface area contributed by atoms with E-state index in [1.165, 1.54) is 7.11 Å². The molecule has 6 nitrogen and oxygen atoms in total. The highest BCUT2D eigenvalue weighted by Crippen LogP contribution is 2.17. The van der Waals surface area contributed by atoms with E-state index in [9.17, 15) is 18.7 Å². The van der Waals surface area contributed by atoms with Gasteiger partial charge in [-0.3, -0.25) is 0 Å². The molecular formula is C16H17F2N3O3. The highest BCUT2D eigenvalue weighted by Gasteiger charge is 2.14. The van der Waals surface area contributed by atoms with Crippen LogP contribution in [0.1, 0.15) is 17.2 Å². The number of halogens is 2. The van der Waals surface area contributed by atoms with Gasteiger partial charge in [-0.25, -0.2) is 18.6 Å². The number of aromatic nitrogens is 1. The molecule has 0 aliphatic rings. The molecule has 0 fully saturated rings. The van der Waals surface area contributed by atoms with Crippen LogP contribution in [-0.2, 0) is 6.54 Å². The first kappa shape index (κ1) is 17.6. The molecule has 1 aromatic carbocycles. The zero-order chi connectivity index (χ0) is 17.5. The minimum Gasteiger partial charge on any atom is -0.481 e. The van der Waals surface area contributed by atoms with E-state index in [-0.39, 0.29) is 18.7 Å². The summed E-state index contributed by atoms with van der Waals surface area (Å²) in [5, 5.41) is 14.9. The van der Waals surface area contributed by atoms with Crippen LogP contribution in [0.3, 0.4) is 0 Å². The predicted octanol–water partition coefficient (Wildman–Crippen LogP) is 1.90. The number of methoxy groups -OCH3 is 1. The molecule has 24 heavy (non-hydrogen) atoms. The molecule has 0 aliphatic carbocycles. The van der Waals surface area contributed by atoms with Crippen LogP contribution in [-0.4, -0.2) is 29.8 Å². The fraction of sp³-hybridized carbons (Fsp3) is 0.250. The average Bonchev–Trinajstić information content (AvgIpc) is 2.58. The van der Waals surface area contributed by atoms with E-state index in [0.29, 0.717) is 17.5 Å². The third kappa shape index (κ3) is 4.63. The van der Waals surface area contributed by atoms with Crippen LogP contribution < -0.4 is 15.4 Å². The molecule has 2 aromatic rings. The second kappa shape index (κ2) is 8.21. The van der Waals surface area contributed by atoms with Gasteiger partial charge in [0, 0.05) is 36.5 Å². The molecule has 2 rings (SSSR count). The van der Waals surface area contributed by atoms with E-state index in [2.05, 4.69) is 15.6 Å². The van der Waals surface area contributed by atoms with Gasteiger partial charge in [-0.05, 0) is 12.1 Å². The zero-order valence-electron chi connectivity index (χ0n) is 12.9. The quantitative estimate of drug-likeness (QED) is 0.752. The van der Waals surface area contributed by atoms with E-state index in [0.717, 1.165) is 12.1 Å². The van der Waals surface area contributed by atoms with Gasteiger partial charge in [0.15, 0.2) is 0 Å². The van der Waals surface area contributed by atoms with Crippen LogP contribution in [0.25, 0.3) is 0 Å². The molecule has 3 N–H and O–H groups in total. The van der Waals surface area contributed by atoms with Crippen LogP contribution in [0.2, 0.25) is 0 Å². The van der Waals surface area contributed by atoms with Crippen molar-refractivity contribution in [2.75, 3.05) is 13.7 Å². The highest BCUT2D eigenvalue weighted by molar-refractivity contribution is 5.73. The Morgan fingerprint density at radius 3 is 2.83 bits per heavy atom. The first-order valence-electron chi connectivity index (χ1n) is 7.14. The summed E-state index contributed by atoms with van der Waals surface area (Å²) >= 11 is 0. The van der Waals surface area contributed by atoms with Crippen LogP contribution in [0.4, 0.5) is 13.6 Å². The Bertz CT molecular complexity index is 713. The minimum absolute atomic E-state index is 0.0920. The summed E-state index contributed by atoms with van der Waals surface area (Å²) in [6.45, 7) is -0.0532. The monoisotopic (exact) mass is 337 g/mol. The number of hydrogen-bond acceptors (Lipinski definition) is 4. The summed E-state index contributed by atoms with van der Waals surface area (Å²) in [7, 11) is 1.47. The first-order valence-corrected chi connectivity index (χ1v) is 7.14. The van der Waals surface area contributed by atoms with Gasteiger partial charge >= 0.3 is 6.03 Å². The van der Waals surface area contributed by atoms with E-state index in [1.54, 1.807) is 18.3 Å². The lowest BCUT2D eigenvalue weighted by Crippen LogP contribution is -2.37. The van der Waals surface area contributed by atoms with Gasteiger partial charge in [0.05, 0.1) is 13.2 Å². The van der Waals surface area contributed by atoms with Crippen molar-refractivity contribution in [2.45, 2.75) is 12.6 Å². The number of urea groups is 1. The number of hydrogen-bond donors (Lipinski definition) is 3. The number of nitrogens with one attached hydrogen (secondary N) is 2. The van der Waals surface area contributed by atoms with Crippen molar-refractivity contribution in [2.24, 2.45) is 0 Å². The van der Waals surface area contributed by atoms with Crippen LogP contribution in [0.15, 0.2) is 36.5 Å². The fourth-order valence-electron chi connectivity index (χ4n) is 2.05. The van der Waals surface area contributed by atoms with Crippen LogP contribution in [0.5, 0.6) is 5.88 Å². The maximum atomic E-state index is 13.5. The van der Waals surface area contributed by atoms with E-state index >= 15 is 0 Å². The summed E-state index contributed by atoms with van der Waals surface area (Å²) in [6.07, 6.45) is 0.278. The topological polar surface area (TPSA) is 83.5 Å². The standard InChI is InChI=1S/C16H17F2N3O3/c1-24-15-10(3-2-6-19-15)8-20-16(23)21-9-14(22)12-5-4-11(17)7-13(12)18/h2-7,14,22H,8-9H2,1H3,(H2,20,21,23)/t14-/m0/s1. The van der Waals surface area contributed by atoms with Crippen molar-refractivity contribution in [3.8, 4) is 5.88 Å². The Morgan fingerprint density at radius 1 is 1.33 bits per heavy atom. The maximum absolute atomic E-state index is 13.5. The number of ether oxygens (including phenoxy) is 1. The number of carbonyl (C=O) groups excluding carboxylic acids is 1. The molecule has 1 aromatic heterocycles. The third-order valence-electron chi connectivity index (χ3n) is 3.26. The van der Waals surface area contributed by atoms with Gasteiger partial charge in [-0.1, -0.05) is 12.1 Å². The van der Waals surface area contributed by atoms with Gasteiger partial charge in [0.2, 0.25) is 5.88 Å². The summed E-state index contributed by atoms with van der Waals surface area (Å²) in [5.41, 5.74) is 0.589. The van der Waals surface area contributed by atoms with Gasteiger partial charge in [-0.2, -0.15) is 0 Å². The third-order valence-corrected chi connectivity index (χ3v) is 3.26. The molecule has 1 atom stereocenters. The predicted molar refractivity (Wildman–Crippen MR) is 82.3 cm³/mol. The molecule has 8 heteroatoms. The van der Waals surface area contributed by atoms with E-state index in [4.69, 9.17) is 4.74 Å². The smallest absolute Gasteiger partial charge is 0.315 e. The lowest BCUT2D eigenvalue weighted by Gasteiger charge is -2.14. The Kier molecular flexibility index (Phi) is 6.02. The molecule has 2 amide bonds. The van der Waals surface area contributed by atoms with E-state index < -0.39 is 23.8 Å². The van der Waals surface area contributed by atoms with Crippen molar-refractivity contribution in [3.63, 3.8) is 0 Å². The molecule has 1 heterocycles. The lowest BCUT2D eigenvalue weighted by atomic mass is 10.1. The number of aliphatic hydroxyl groups is 1. The summed E-state index contributed by atoms with van der Waals surface area (Å²) < 4.78 is 31.4. The number of amides is 2. The molecule has 128 valence electrons. The second-order valence-corrected chi connectivity index (χ2v) is 4.92. The normalized spacial score (nSPS) is 11.7. The Hall–Kier alpha value is -2.74. The molecular weight excluding hydrogens is 320 g/mol. The van der Waals surface area contributed by atoms with E-state index in [1.807, 2.05) is 0 Å². The molecule has 0 saturated carbocycles. The number of pyridine rings is 1. The Balaban J connectivity index is 1.84. The maximum Gasteiger partial charge on any atom is 0.315 e. The van der Waals surface area contributed by atoms with Crippen LogP contribution in [0, 0.1) is 11.6 Å². The fourth-order valence-corrected chi connectivity index (χ4v) is 2.05. The number of carbonyl (C=O) groups is 1. The molecule has 0 unspecified atom stereocenters. The molecule has 0 saturated heterocycles. The van der Waals surface area contributed by atoms with Crippen molar-refractivity contribution >= 4 is 6.03 Å². The largest absolute Gasteiger partial charge is 0.481 e. The summed E-state index contributed by atoms with van der Waals surface area (Å²) in [5.74, 6) is -1.21. The number of aliphatic hydroxyl groups excluding tert-OH is 1. The molecule has 0 radical (unpaired) electrons. The highest BCUT2D eigenvalue weighted by atomic mass is 19.1. The second-order valence-electron chi connectivity index (χ2n) is 4.92. The van der Waals surface area contributed by atoms with Crippen molar-refractivity contribution < 1.29 is 23.4 Å². The van der Waals surface area contributed by atoms with Gasteiger partial charge in [0.25, 0.3) is 0 Å². The zero-order valence-corrected chi connectivity index (χ0v) is 12.9. The number of benzene rings is 1. The molecule has 0 bridgehead atoms. The minimum atomic E-state index is -1.29. The van der Waals surface area contributed by atoms with Crippen molar-refractivity contribution in [3.05, 3.63) is 59.3 Å². The molecule has 0 aliphatic heterocycles.